The van der Waals surface area contributed by atoms with Gasteiger partial charge in [0.05, 0.1) is 29.8 Å². The van der Waals surface area contributed by atoms with Gasteiger partial charge < -0.3 is 9.47 Å². The zero-order valence-corrected chi connectivity index (χ0v) is 17.7. The third-order valence-corrected chi connectivity index (χ3v) is 5.39. The normalized spacial score (nSPS) is 11.4. The largest absolute Gasteiger partial charge is 0.493 e. The van der Waals surface area contributed by atoms with Crippen molar-refractivity contribution in [1.82, 2.24) is 4.83 Å². The summed E-state index contributed by atoms with van der Waals surface area (Å²) in [4.78, 5) is 11.9. The molecule has 0 aromatic heterocycles. The Labute approximate surface area is 175 Å². The Kier molecular flexibility index (Phi) is 8.60. The van der Waals surface area contributed by atoms with Gasteiger partial charge in [-0.05, 0) is 36.2 Å². The standard InChI is InChI=1S/C20H25N3O6S/c1-3-4-5-6-12-29-19-11-10-16(13-20(19)28-2)15-21-22-30(26,27)18-9-7-8-17(14-18)23(24)25/h7-11,13-15,22H,3-6,12H2,1-2H3/b21-15+. The maximum Gasteiger partial charge on any atom is 0.276 e. The van der Waals surface area contributed by atoms with E-state index in [4.69, 9.17) is 9.47 Å². The topological polar surface area (TPSA) is 120 Å². The van der Waals surface area contributed by atoms with E-state index < -0.39 is 14.9 Å². The number of nitro benzene ring substituents is 1. The maximum absolute atomic E-state index is 12.3. The summed E-state index contributed by atoms with van der Waals surface area (Å²) in [5.41, 5.74) is 0.267. The Morgan fingerprint density at radius 1 is 1.13 bits per heavy atom. The minimum Gasteiger partial charge on any atom is -0.493 e. The highest BCUT2D eigenvalue weighted by molar-refractivity contribution is 7.89. The molecular weight excluding hydrogens is 410 g/mol. The van der Waals surface area contributed by atoms with Gasteiger partial charge in [-0.15, -0.1) is 0 Å². The molecule has 0 aliphatic rings. The fourth-order valence-electron chi connectivity index (χ4n) is 2.58. The molecule has 10 heteroatoms. The van der Waals surface area contributed by atoms with Crippen LogP contribution in [0.1, 0.15) is 38.2 Å². The summed E-state index contributed by atoms with van der Waals surface area (Å²) in [5, 5.41) is 14.6. The predicted octanol–water partition coefficient (Wildman–Crippen LogP) is 3.87. The van der Waals surface area contributed by atoms with Crippen LogP contribution in [0.25, 0.3) is 0 Å². The highest BCUT2D eigenvalue weighted by Crippen LogP contribution is 2.28. The quantitative estimate of drug-likeness (QED) is 0.234. The van der Waals surface area contributed by atoms with Crippen LogP contribution in [0.3, 0.4) is 0 Å². The molecule has 0 amide bonds. The first-order chi connectivity index (χ1) is 14.4. The lowest BCUT2D eigenvalue weighted by Crippen LogP contribution is -2.18. The van der Waals surface area contributed by atoms with Crippen LogP contribution in [-0.4, -0.2) is 33.3 Å². The van der Waals surface area contributed by atoms with E-state index in [1.807, 2.05) is 4.83 Å². The summed E-state index contributed by atoms with van der Waals surface area (Å²) in [6.45, 7) is 2.74. The SMILES string of the molecule is CCCCCCOc1ccc(/C=N/NS(=O)(=O)c2cccc([N+](=O)[O-])c2)cc1OC. The van der Waals surface area contributed by atoms with Gasteiger partial charge in [0.2, 0.25) is 0 Å². The molecule has 0 atom stereocenters. The van der Waals surface area contributed by atoms with Gasteiger partial charge in [-0.1, -0.05) is 32.3 Å². The molecule has 1 N–H and O–H groups in total. The van der Waals surface area contributed by atoms with Crippen LogP contribution in [0.15, 0.2) is 52.5 Å². The second-order valence-corrected chi connectivity index (χ2v) is 8.09. The van der Waals surface area contributed by atoms with E-state index >= 15 is 0 Å². The van der Waals surface area contributed by atoms with Crippen LogP contribution in [0, 0.1) is 10.1 Å². The second kappa shape index (κ2) is 11.1. The monoisotopic (exact) mass is 435 g/mol. The molecule has 0 saturated heterocycles. The summed E-state index contributed by atoms with van der Waals surface area (Å²) >= 11 is 0. The van der Waals surface area contributed by atoms with Gasteiger partial charge in [-0.25, -0.2) is 4.83 Å². The molecular formula is C20H25N3O6S. The minimum absolute atomic E-state index is 0.252. The van der Waals surface area contributed by atoms with Crippen molar-refractivity contribution >= 4 is 21.9 Å². The smallest absolute Gasteiger partial charge is 0.276 e. The van der Waals surface area contributed by atoms with Crippen LogP contribution in [0.5, 0.6) is 11.5 Å². The summed E-state index contributed by atoms with van der Waals surface area (Å²) in [5.74, 6) is 1.11. The summed E-state index contributed by atoms with van der Waals surface area (Å²) in [7, 11) is -2.52. The molecule has 0 aliphatic carbocycles. The molecule has 0 bridgehead atoms. The van der Waals surface area contributed by atoms with Crippen molar-refractivity contribution in [3.8, 4) is 11.5 Å². The molecule has 0 fully saturated rings. The number of hydrazone groups is 1. The number of nitrogens with one attached hydrogen (secondary N) is 1. The lowest BCUT2D eigenvalue weighted by molar-refractivity contribution is -0.385. The molecule has 9 nitrogen and oxygen atoms in total. The van der Waals surface area contributed by atoms with Crippen LogP contribution in [-0.2, 0) is 10.0 Å². The number of methoxy groups -OCH3 is 1. The molecule has 2 aromatic carbocycles. The summed E-state index contributed by atoms with van der Waals surface area (Å²) < 4.78 is 35.6. The van der Waals surface area contributed by atoms with Crippen LogP contribution in [0.4, 0.5) is 5.69 Å². The maximum atomic E-state index is 12.3. The predicted molar refractivity (Wildman–Crippen MR) is 114 cm³/mol. The molecule has 162 valence electrons. The molecule has 0 saturated carbocycles. The van der Waals surface area contributed by atoms with E-state index in [-0.39, 0.29) is 10.6 Å². The van der Waals surface area contributed by atoms with E-state index in [1.54, 1.807) is 18.2 Å². The number of benzene rings is 2. The zero-order valence-electron chi connectivity index (χ0n) is 16.9. The third-order valence-electron chi connectivity index (χ3n) is 4.17. The van der Waals surface area contributed by atoms with E-state index in [0.717, 1.165) is 25.3 Å². The van der Waals surface area contributed by atoms with Gasteiger partial charge in [-0.3, -0.25) is 10.1 Å². The van der Waals surface area contributed by atoms with Crippen LogP contribution >= 0.6 is 0 Å². The second-order valence-electron chi connectivity index (χ2n) is 6.43. The molecule has 2 rings (SSSR count). The Bertz CT molecular complexity index is 992. The van der Waals surface area contributed by atoms with Gasteiger partial charge in [0, 0.05) is 12.1 Å². The van der Waals surface area contributed by atoms with Gasteiger partial charge in [0.25, 0.3) is 15.7 Å². The van der Waals surface area contributed by atoms with Crippen LogP contribution in [0.2, 0.25) is 0 Å². The molecule has 0 unspecified atom stereocenters. The van der Waals surface area contributed by atoms with Crippen molar-refractivity contribution in [3.63, 3.8) is 0 Å². The number of non-ortho nitro benzene ring substituents is 1. The summed E-state index contributed by atoms with van der Waals surface area (Å²) in [6, 6.07) is 9.84. The van der Waals surface area contributed by atoms with Crippen molar-refractivity contribution in [2.24, 2.45) is 5.10 Å². The number of nitro groups is 1. The van der Waals surface area contributed by atoms with Crippen molar-refractivity contribution in [3.05, 3.63) is 58.1 Å². The average Bonchev–Trinajstić information content (AvgIpc) is 2.74. The molecule has 2 aromatic rings. The van der Waals surface area contributed by atoms with Gasteiger partial charge in [-0.2, -0.15) is 13.5 Å². The van der Waals surface area contributed by atoms with Crippen molar-refractivity contribution in [1.29, 1.82) is 0 Å². The minimum atomic E-state index is -4.04. The Balaban J connectivity index is 2.03. The third kappa shape index (κ3) is 6.73. The van der Waals surface area contributed by atoms with Crippen LogP contribution < -0.4 is 14.3 Å². The lowest BCUT2D eigenvalue weighted by atomic mass is 10.2. The van der Waals surface area contributed by atoms with Gasteiger partial charge in [0.15, 0.2) is 11.5 Å². The first kappa shape index (κ1) is 23.1. The molecule has 0 spiro atoms. The highest BCUT2D eigenvalue weighted by atomic mass is 32.2. The molecule has 0 heterocycles. The Hall–Kier alpha value is -3.14. The van der Waals surface area contributed by atoms with E-state index in [2.05, 4.69) is 12.0 Å². The lowest BCUT2D eigenvalue weighted by Gasteiger charge is -2.11. The van der Waals surface area contributed by atoms with Crippen molar-refractivity contribution in [2.45, 2.75) is 37.5 Å². The first-order valence-electron chi connectivity index (χ1n) is 9.47. The fourth-order valence-corrected chi connectivity index (χ4v) is 3.41. The summed E-state index contributed by atoms with van der Waals surface area (Å²) in [6.07, 6.45) is 5.70. The van der Waals surface area contributed by atoms with E-state index in [9.17, 15) is 18.5 Å². The Morgan fingerprint density at radius 2 is 1.93 bits per heavy atom. The number of nitrogens with zero attached hydrogens (tertiary/aromatic N) is 2. The van der Waals surface area contributed by atoms with E-state index in [0.29, 0.717) is 23.7 Å². The number of rotatable bonds is 12. The van der Waals surface area contributed by atoms with Gasteiger partial charge in [0.1, 0.15) is 0 Å². The zero-order chi connectivity index (χ0) is 22.0. The number of ether oxygens (including phenoxy) is 2. The first-order valence-corrected chi connectivity index (χ1v) is 11.0. The molecule has 0 aliphatic heterocycles. The number of unbranched alkanes of at least 4 members (excludes halogenated alkanes) is 3. The molecule has 30 heavy (non-hydrogen) atoms. The molecule has 0 radical (unpaired) electrons. The van der Waals surface area contributed by atoms with Crippen molar-refractivity contribution in [2.75, 3.05) is 13.7 Å². The fraction of sp³-hybridized carbons (Fsp3) is 0.350. The highest BCUT2D eigenvalue weighted by Gasteiger charge is 2.16. The Morgan fingerprint density at radius 3 is 2.63 bits per heavy atom. The average molecular weight is 436 g/mol. The number of hydrogen-bond acceptors (Lipinski definition) is 7. The van der Waals surface area contributed by atoms with Gasteiger partial charge >= 0.3 is 0 Å². The van der Waals surface area contributed by atoms with Crippen molar-refractivity contribution < 1.29 is 22.8 Å². The van der Waals surface area contributed by atoms with E-state index in [1.165, 1.54) is 37.9 Å². The number of hydrogen-bond donors (Lipinski definition) is 1. The number of sulfonamides is 1.